The molecule has 3 rings (SSSR count). The molecule has 2 heterocycles. The quantitative estimate of drug-likeness (QED) is 0.875. The van der Waals surface area contributed by atoms with Crippen LogP contribution in [0.3, 0.4) is 0 Å². The van der Waals surface area contributed by atoms with Gasteiger partial charge in [-0.05, 0) is 43.2 Å². The first kappa shape index (κ1) is 17.1. The Morgan fingerprint density at radius 1 is 1.04 bits per heavy atom. The normalized spacial score (nSPS) is 14.8. The maximum atomic E-state index is 12.2. The van der Waals surface area contributed by atoms with Gasteiger partial charge in [-0.25, -0.2) is 0 Å². The third-order valence-corrected chi connectivity index (χ3v) is 4.46. The van der Waals surface area contributed by atoms with Crippen molar-refractivity contribution in [3.05, 3.63) is 53.5 Å². The summed E-state index contributed by atoms with van der Waals surface area (Å²) in [4.78, 5) is 25.6. The lowest BCUT2D eigenvalue weighted by Crippen LogP contribution is -2.25. The van der Waals surface area contributed by atoms with E-state index in [1.54, 1.807) is 0 Å². The van der Waals surface area contributed by atoms with Gasteiger partial charge < -0.3 is 20.4 Å². The number of anilines is 1. The molecular formula is C19H23N3O3. The van der Waals surface area contributed by atoms with Gasteiger partial charge in [-0.3, -0.25) is 9.59 Å². The first-order valence-electron chi connectivity index (χ1n) is 8.64. The van der Waals surface area contributed by atoms with Crippen molar-refractivity contribution >= 4 is 17.5 Å². The molecule has 0 spiro atoms. The Labute approximate surface area is 147 Å². The number of furan rings is 1. The Balaban J connectivity index is 1.57. The number of nitrogens with zero attached hydrogens (tertiary/aromatic N) is 1. The summed E-state index contributed by atoms with van der Waals surface area (Å²) in [7, 11) is 0. The second-order valence-corrected chi connectivity index (χ2v) is 6.30. The second kappa shape index (κ2) is 7.88. The Hall–Kier alpha value is -2.76. The lowest BCUT2D eigenvalue weighted by Gasteiger charge is -2.22. The molecule has 1 aromatic heterocycles. The van der Waals surface area contributed by atoms with Crippen molar-refractivity contribution in [3.63, 3.8) is 0 Å². The number of hydrogen-bond donors (Lipinski definition) is 2. The lowest BCUT2D eigenvalue weighted by atomic mass is 10.1. The molecule has 0 unspecified atom stereocenters. The number of nitrogens with one attached hydrogen (secondary N) is 1. The number of nitrogens with two attached hydrogens (primary N) is 1. The van der Waals surface area contributed by atoms with E-state index < -0.39 is 5.91 Å². The standard InChI is InChI=1S/C19H23N3O3/c20-18(23)15-11-17(25-13-15)12-21-19(24)14-5-7-16(8-6-14)22-9-3-1-2-4-10-22/h5-8,11,13H,1-4,9-10,12H2,(H2,20,23)(H,21,24). The molecule has 3 N–H and O–H groups in total. The number of benzene rings is 1. The third-order valence-electron chi connectivity index (χ3n) is 4.46. The van der Waals surface area contributed by atoms with Crippen molar-refractivity contribution in [2.45, 2.75) is 32.2 Å². The molecule has 132 valence electrons. The van der Waals surface area contributed by atoms with Crippen molar-refractivity contribution < 1.29 is 14.0 Å². The van der Waals surface area contributed by atoms with Crippen LogP contribution in [0.5, 0.6) is 0 Å². The number of rotatable bonds is 5. The smallest absolute Gasteiger partial charge is 0.251 e. The fourth-order valence-corrected chi connectivity index (χ4v) is 3.02. The average molecular weight is 341 g/mol. The maximum absolute atomic E-state index is 12.2. The first-order chi connectivity index (χ1) is 12.1. The molecule has 0 saturated carbocycles. The van der Waals surface area contributed by atoms with Gasteiger partial charge in [0, 0.05) is 24.3 Å². The third kappa shape index (κ3) is 4.41. The second-order valence-electron chi connectivity index (χ2n) is 6.30. The minimum absolute atomic E-state index is 0.181. The Bertz CT molecular complexity index is 729. The van der Waals surface area contributed by atoms with Crippen LogP contribution < -0.4 is 16.0 Å². The summed E-state index contributed by atoms with van der Waals surface area (Å²) in [6, 6.07) is 9.21. The molecule has 0 bridgehead atoms. The summed E-state index contributed by atoms with van der Waals surface area (Å²) in [6.07, 6.45) is 6.32. The van der Waals surface area contributed by atoms with Crippen molar-refractivity contribution in [3.8, 4) is 0 Å². The minimum atomic E-state index is -0.551. The zero-order chi connectivity index (χ0) is 17.6. The molecule has 0 radical (unpaired) electrons. The molecule has 2 aromatic rings. The van der Waals surface area contributed by atoms with E-state index in [9.17, 15) is 9.59 Å². The molecule has 25 heavy (non-hydrogen) atoms. The van der Waals surface area contributed by atoms with Crippen LogP contribution in [0.25, 0.3) is 0 Å². The average Bonchev–Trinajstić information content (AvgIpc) is 2.94. The summed E-state index contributed by atoms with van der Waals surface area (Å²) >= 11 is 0. The highest BCUT2D eigenvalue weighted by molar-refractivity contribution is 5.94. The molecule has 0 aliphatic carbocycles. The Morgan fingerprint density at radius 3 is 2.32 bits per heavy atom. The highest BCUT2D eigenvalue weighted by Gasteiger charge is 2.12. The highest BCUT2D eigenvalue weighted by atomic mass is 16.3. The highest BCUT2D eigenvalue weighted by Crippen LogP contribution is 2.20. The van der Waals surface area contributed by atoms with Crippen LogP contribution in [0.15, 0.2) is 41.0 Å². The summed E-state index contributed by atoms with van der Waals surface area (Å²) < 4.78 is 5.20. The van der Waals surface area contributed by atoms with E-state index in [2.05, 4.69) is 10.2 Å². The van der Waals surface area contributed by atoms with Crippen LogP contribution in [0.4, 0.5) is 5.69 Å². The van der Waals surface area contributed by atoms with Gasteiger partial charge in [0.2, 0.25) is 0 Å². The molecule has 6 heteroatoms. The van der Waals surface area contributed by atoms with Gasteiger partial charge in [0.05, 0.1) is 12.1 Å². The largest absolute Gasteiger partial charge is 0.467 e. The fraction of sp³-hybridized carbons (Fsp3) is 0.368. The first-order valence-corrected chi connectivity index (χ1v) is 8.64. The van der Waals surface area contributed by atoms with Gasteiger partial charge in [-0.2, -0.15) is 0 Å². The molecule has 1 aliphatic rings. The van der Waals surface area contributed by atoms with Crippen molar-refractivity contribution in [2.75, 3.05) is 18.0 Å². The molecule has 6 nitrogen and oxygen atoms in total. The van der Waals surface area contributed by atoms with E-state index in [1.807, 2.05) is 24.3 Å². The van der Waals surface area contributed by atoms with Gasteiger partial charge in [0.25, 0.3) is 11.8 Å². The van der Waals surface area contributed by atoms with E-state index in [0.29, 0.717) is 16.9 Å². The number of hydrogen-bond acceptors (Lipinski definition) is 4. The number of primary amides is 1. The molecule has 1 aliphatic heterocycles. The molecule has 1 fully saturated rings. The van der Waals surface area contributed by atoms with Gasteiger partial charge in [0.15, 0.2) is 0 Å². The van der Waals surface area contributed by atoms with E-state index in [1.165, 1.54) is 38.0 Å². The van der Waals surface area contributed by atoms with Crippen molar-refractivity contribution in [1.29, 1.82) is 0 Å². The minimum Gasteiger partial charge on any atom is -0.467 e. The van der Waals surface area contributed by atoms with E-state index in [4.69, 9.17) is 10.2 Å². The van der Waals surface area contributed by atoms with Crippen molar-refractivity contribution in [1.82, 2.24) is 5.32 Å². The lowest BCUT2D eigenvalue weighted by molar-refractivity contribution is 0.0946. The maximum Gasteiger partial charge on any atom is 0.251 e. The zero-order valence-electron chi connectivity index (χ0n) is 14.2. The van der Waals surface area contributed by atoms with Crippen LogP contribution in [-0.4, -0.2) is 24.9 Å². The topological polar surface area (TPSA) is 88.6 Å². The van der Waals surface area contributed by atoms with E-state index >= 15 is 0 Å². The fourth-order valence-electron chi connectivity index (χ4n) is 3.02. The number of amides is 2. The van der Waals surface area contributed by atoms with Crippen LogP contribution in [0.1, 0.15) is 52.2 Å². The summed E-state index contributed by atoms with van der Waals surface area (Å²) in [5.41, 5.74) is 7.23. The summed E-state index contributed by atoms with van der Waals surface area (Å²) in [5.74, 6) is -0.242. The van der Waals surface area contributed by atoms with E-state index in [-0.39, 0.29) is 12.5 Å². The van der Waals surface area contributed by atoms with Gasteiger partial charge >= 0.3 is 0 Å². The Kier molecular flexibility index (Phi) is 5.38. The SMILES string of the molecule is NC(=O)c1coc(CNC(=O)c2ccc(N3CCCCCC3)cc2)c1. The van der Waals surface area contributed by atoms with Gasteiger partial charge in [0.1, 0.15) is 12.0 Å². The van der Waals surface area contributed by atoms with Crippen LogP contribution >= 0.6 is 0 Å². The molecule has 2 amide bonds. The van der Waals surface area contributed by atoms with Crippen LogP contribution in [0.2, 0.25) is 0 Å². The zero-order valence-corrected chi connectivity index (χ0v) is 14.2. The monoisotopic (exact) mass is 341 g/mol. The van der Waals surface area contributed by atoms with Crippen LogP contribution in [0, 0.1) is 0 Å². The van der Waals surface area contributed by atoms with E-state index in [0.717, 1.165) is 18.8 Å². The Morgan fingerprint density at radius 2 is 1.72 bits per heavy atom. The van der Waals surface area contributed by atoms with Gasteiger partial charge in [-0.1, -0.05) is 12.8 Å². The number of carbonyl (C=O) groups is 2. The summed E-state index contributed by atoms with van der Waals surface area (Å²) in [6.45, 7) is 2.36. The predicted molar refractivity (Wildman–Crippen MR) is 95.5 cm³/mol. The molecule has 1 saturated heterocycles. The van der Waals surface area contributed by atoms with Crippen molar-refractivity contribution in [2.24, 2.45) is 5.73 Å². The molecular weight excluding hydrogens is 318 g/mol. The molecule has 0 atom stereocenters. The number of carbonyl (C=O) groups excluding carboxylic acids is 2. The van der Waals surface area contributed by atoms with Crippen LogP contribution in [-0.2, 0) is 6.54 Å². The summed E-state index contributed by atoms with van der Waals surface area (Å²) in [5, 5.41) is 2.78. The van der Waals surface area contributed by atoms with Gasteiger partial charge in [-0.15, -0.1) is 0 Å². The molecule has 1 aromatic carbocycles. The predicted octanol–water partition coefficient (Wildman–Crippen LogP) is 2.69.